The van der Waals surface area contributed by atoms with Gasteiger partial charge in [0.2, 0.25) is 5.78 Å². The molecule has 3 heteroatoms. The highest BCUT2D eigenvalue weighted by atomic mass is 32.1. The summed E-state index contributed by atoms with van der Waals surface area (Å²) in [6, 6.07) is 17.8. The second-order valence-electron chi connectivity index (χ2n) is 4.81. The second kappa shape index (κ2) is 6.10. The lowest BCUT2D eigenvalue weighted by atomic mass is 10.1. The van der Waals surface area contributed by atoms with Crippen LogP contribution in [0.15, 0.2) is 54.6 Å². The summed E-state index contributed by atoms with van der Waals surface area (Å²) in [6.45, 7) is 2.17. The van der Waals surface area contributed by atoms with Gasteiger partial charge in [0.1, 0.15) is 5.75 Å². The molecule has 0 saturated carbocycles. The molecule has 0 saturated heterocycles. The van der Waals surface area contributed by atoms with Crippen LogP contribution in [0.5, 0.6) is 5.75 Å². The summed E-state index contributed by atoms with van der Waals surface area (Å²) in [7, 11) is 0. The van der Waals surface area contributed by atoms with Crippen LogP contribution >= 0.6 is 11.3 Å². The molecule has 0 amide bonds. The highest BCUT2D eigenvalue weighted by molar-refractivity contribution is 7.14. The predicted molar refractivity (Wildman–Crippen MR) is 87.5 cm³/mol. The molecule has 0 N–H and O–H groups in total. The lowest BCUT2D eigenvalue weighted by molar-refractivity contribution is 0.0926. The first kappa shape index (κ1) is 13.8. The fraction of sp³-hybridized carbons (Fsp3) is 0.167. The molecule has 0 fully saturated rings. The summed E-state index contributed by atoms with van der Waals surface area (Å²) in [5.41, 5.74) is 0. The molecule has 21 heavy (non-hydrogen) atoms. The molecule has 2 aromatic carbocycles. The van der Waals surface area contributed by atoms with Crippen LogP contribution in [0.3, 0.4) is 0 Å². The summed E-state index contributed by atoms with van der Waals surface area (Å²) >= 11 is 1.55. The lowest BCUT2D eigenvalue weighted by Gasteiger charge is -2.08. The SMILES string of the molecule is CCc1ccc(C(=O)COc2cccc3ccccc23)s1. The average molecular weight is 296 g/mol. The zero-order valence-corrected chi connectivity index (χ0v) is 12.7. The zero-order chi connectivity index (χ0) is 14.7. The van der Waals surface area contributed by atoms with Crippen molar-refractivity contribution < 1.29 is 9.53 Å². The van der Waals surface area contributed by atoms with Gasteiger partial charge in [0.15, 0.2) is 6.61 Å². The summed E-state index contributed by atoms with van der Waals surface area (Å²) < 4.78 is 5.74. The number of carbonyl (C=O) groups excluding carboxylic acids is 1. The summed E-state index contributed by atoms with van der Waals surface area (Å²) in [6.07, 6.45) is 0.960. The van der Waals surface area contributed by atoms with Gasteiger partial charge >= 0.3 is 0 Å². The van der Waals surface area contributed by atoms with E-state index in [0.717, 1.165) is 27.8 Å². The Hall–Kier alpha value is -2.13. The minimum atomic E-state index is 0.0348. The van der Waals surface area contributed by atoms with Crippen LogP contribution in [0.1, 0.15) is 21.5 Å². The average Bonchev–Trinajstić information content (AvgIpc) is 3.01. The molecular weight excluding hydrogens is 280 g/mol. The second-order valence-corrected chi connectivity index (χ2v) is 5.98. The molecule has 0 unspecified atom stereocenters. The topological polar surface area (TPSA) is 26.3 Å². The number of ketones is 1. The van der Waals surface area contributed by atoms with Gasteiger partial charge in [-0.05, 0) is 30.0 Å². The molecule has 0 radical (unpaired) electrons. The standard InChI is InChI=1S/C18H16O2S/c1-2-14-10-11-18(21-14)16(19)12-20-17-9-5-7-13-6-3-4-8-15(13)17/h3-11H,2,12H2,1H3. The molecule has 1 aromatic heterocycles. The van der Waals surface area contributed by atoms with Gasteiger partial charge in [0, 0.05) is 10.3 Å². The van der Waals surface area contributed by atoms with E-state index in [1.165, 1.54) is 4.88 Å². The molecule has 2 nitrogen and oxygen atoms in total. The van der Waals surface area contributed by atoms with Gasteiger partial charge in [-0.15, -0.1) is 11.3 Å². The van der Waals surface area contributed by atoms with Gasteiger partial charge in [0.25, 0.3) is 0 Å². The first-order valence-electron chi connectivity index (χ1n) is 7.00. The first-order valence-corrected chi connectivity index (χ1v) is 7.82. The third-order valence-corrected chi connectivity index (χ3v) is 4.66. The van der Waals surface area contributed by atoms with Crippen LogP contribution in [0.25, 0.3) is 10.8 Å². The normalized spacial score (nSPS) is 10.7. The van der Waals surface area contributed by atoms with Crippen molar-refractivity contribution in [1.29, 1.82) is 0 Å². The highest BCUT2D eigenvalue weighted by Gasteiger charge is 2.10. The Kier molecular flexibility index (Phi) is 4.02. The smallest absolute Gasteiger partial charge is 0.210 e. The maximum Gasteiger partial charge on any atom is 0.210 e. The number of ether oxygens (including phenoxy) is 1. The van der Waals surface area contributed by atoms with E-state index in [1.807, 2.05) is 54.6 Å². The maximum absolute atomic E-state index is 12.2. The van der Waals surface area contributed by atoms with Gasteiger partial charge in [-0.3, -0.25) is 4.79 Å². The molecule has 3 rings (SSSR count). The summed E-state index contributed by atoms with van der Waals surface area (Å²) in [5, 5.41) is 2.15. The largest absolute Gasteiger partial charge is 0.485 e. The van der Waals surface area contributed by atoms with Crippen molar-refractivity contribution in [2.45, 2.75) is 13.3 Å². The minimum Gasteiger partial charge on any atom is -0.485 e. The molecule has 106 valence electrons. The van der Waals surface area contributed by atoms with Crippen LogP contribution in [0.2, 0.25) is 0 Å². The van der Waals surface area contributed by atoms with Crippen molar-refractivity contribution in [3.63, 3.8) is 0 Å². The predicted octanol–water partition coefficient (Wildman–Crippen LogP) is 4.73. The van der Waals surface area contributed by atoms with Crippen LogP contribution in [0, 0.1) is 0 Å². The molecule has 0 aliphatic carbocycles. The van der Waals surface area contributed by atoms with Crippen LogP contribution < -0.4 is 4.74 Å². The Morgan fingerprint density at radius 1 is 1.05 bits per heavy atom. The van der Waals surface area contributed by atoms with Crippen molar-refractivity contribution in [3.8, 4) is 5.75 Å². The number of Topliss-reactive ketones (excluding diaryl/α,β-unsaturated/α-hetero) is 1. The fourth-order valence-corrected chi connectivity index (χ4v) is 3.13. The number of benzene rings is 2. The molecule has 3 aromatic rings. The van der Waals surface area contributed by atoms with Crippen molar-refractivity contribution in [2.75, 3.05) is 6.61 Å². The highest BCUT2D eigenvalue weighted by Crippen LogP contribution is 2.25. The monoisotopic (exact) mass is 296 g/mol. The number of rotatable bonds is 5. The van der Waals surface area contributed by atoms with Crippen molar-refractivity contribution in [1.82, 2.24) is 0 Å². The Morgan fingerprint density at radius 2 is 1.86 bits per heavy atom. The van der Waals surface area contributed by atoms with Gasteiger partial charge in [-0.25, -0.2) is 0 Å². The third-order valence-electron chi connectivity index (χ3n) is 3.39. The van der Waals surface area contributed by atoms with E-state index in [4.69, 9.17) is 4.74 Å². The number of fused-ring (bicyclic) bond motifs is 1. The van der Waals surface area contributed by atoms with Crippen LogP contribution in [0.4, 0.5) is 0 Å². The van der Waals surface area contributed by atoms with Crippen molar-refractivity contribution in [2.24, 2.45) is 0 Å². The van der Waals surface area contributed by atoms with E-state index in [0.29, 0.717) is 0 Å². The third kappa shape index (κ3) is 2.98. The van der Waals surface area contributed by atoms with Gasteiger partial charge in [-0.1, -0.05) is 43.3 Å². The van der Waals surface area contributed by atoms with Crippen molar-refractivity contribution >= 4 is 27.9 Å². The fourth-order valence-electron chi connectivity index (χ4n) is 2.25. The van der Waals surface area contributed by atoms with E-state index in [1.54, 1.807) is 11.3 Å². The quantitative estimate of drug-likeness (QED) is 0.636. The molecule has 1 heterocycles. The van der Waals surface area contributed by atoms with Gasteiger partial charge in [-0.2, -0.15) is 0 Å². The first-order chi connectivity index (χ1) is 10.3. The minimum absolute atomic E-state index is 0.0348. The maximum atomic E-state index is 12.2. The van der Waals surface area contributed by atoms with Gasteiger partial charge < -0.3 is 4.74 Å². The Labute approximate surface area is 128 Å². The molecule has 0 atom stereocenters. The van der Waals surface area contributed by atoms with Crippen LogP contribution in [-0.4, -0.2) is 12.4 Å². The van der Waals surface area contributed by atoms with Crippen molar-refractivity contribution in [3.05, 3.63) is 64.4 Å². The lowest BCUT2D eigenvalue weighted by Crippen LogP contribution is -2.10. The zero-order valence-electron chi connectivity index (χ0n) is 11.8. The van der Waals surface area contributed by atoms with E-state index in [9.17, 15) is 4.79 Å². The van der Waals surface area contributed by atoms with Gasteiger partial charge in [0.05, 0.1) is 4.88 Å². The molecular formula is C18H16O2S. The summed E-state index contributed by atoms with van der Waals surface area (Å²) in [4.78, 5) is 14.2. The van der Waals surface area contributed by atoms with E-state index in [-0.39, 0.29) is 12.4 Å². The Morgan fingerprint density at radius 3 is 2.67 bits per heavy atom. The van der Waals surface area contributed by atoms with E-state index >= 15 is 0 Å². The number of hydrogen-bond donors (Lipinski definition) is 0. The molecule has 0 aliphatic heterocycles. The van der Waals surface area contributed by atoms with E-state index in [2.05, 4.69) is 6.92 Å². The molecule has 0 bridgehead atoms. The molecule has 0 spiro atoms. The number of hydrogen-bond acceptors (Lipinski definition) is 3. The molecule has 0 aliphatic rings. The Balaban J connectivity index is 1.75. The van der Waals surface area contributed by atoms with Crippen LogP contribution in [-0.2, 0) is 6.42 Å². The van der Waals surface area contributed by atoms with E-state index < -0.39 is 0 Å². The number of thiophene rings is 1. The number of aryl methyl sites for hydroxylation is 1. The number of carbonyl (C=O) groups is 1. The summed E-state index contributed by atoms with van der Waals surface area (Å²) in [5.74, 6) is 0.793. The Bertz CT molecular complexity index is 768.